The number of aliphatic hydroxyl groups is 2. The third-order valence-corrected chi connectivity index (χ3v) is 3.36. The molecule has 1 saturated heterocycles. The lowest BCUT2D eigenvalue weighted by atomic mass is 10.1. The predicted molar refractivity (Wildman–Crippen MR) is 69.7 cm³/mol. The van der Waals surface area contributed by atoms with Crippen LogP contribution in [0.1, 0.15) is 6.23 Å². The summed E-state index contributed by atoms with van der Waals surface area (Å²) in [4.78, 5) is 14.7. The molecule has 0 aromatic carbocycles. The van der Waals surface area contributed by atoms with Gasteiger partial charge in [0.25, 0.3) is 0 Å². The molecule has 2 aromatic heterocycles. The Morgan fingerprint density at radius 1 is 1.48 bits per heavy atom. The average Bonchev–Trinajstić information content (AvgIpc) is 3.03. The van der Waals surface area contributed by atoms with Gasteiger partial charge in [0.05, 0.1) is 19.0 Å². The van der Waals surface area contributed by atoms with Gasteiger partial charge in [-0.3, -0.25) is 4.57 Å². The van der Waals surface area contributed by atoms with Crippen LogP contribution in [0, 0.1) is 0 Å². The van der Waals surface area contributed by atoms with E-state index in [9.17, 15) is 10.2 Å². The number of hydrogen-bond donors (Lipinski definition) is 3. The lowest BCUT2D eigenvalue weighted by Gasteiger charge is -2.16. The highest BCUT2D eigenvalue weighted by molar-refractivity contribution is 5.81. The van der Waals surface area contributed by atoms with Gasteiger partial charge in [0.1, 0.15) is 30.2 Å². The molecular weight excluding hydrogens is 280 g/mol. The molecule has 21 heavy (non-hydrogen) atoms. The van der Waals surface area contributed by atoms with Gasteiger partial charge in [-0.25, -0.2) is 15.0 Å². The maximum absolute atomic E-state index is 10.0. The Hall–Kier alpha value is -2.46. The van der Waals surface area contributed by atoms with Crippen LogP contribution in [0.3, 0.4) is 0 Å². The van der Waals surface area contributed by atoms with Crippen LogP contribution in [0.25, 0.3) is 21.6 Å². The Bertz CT molecular complexity index is 711. The van der Waals surface area contributed by atoms with E-state index < -0.39 is 31.1 Å². The second-order valence-corrected chi connectivity index (χ2v) is 4.52. The number of hydrogen-bond acceptors (Lipinski definition) is 8. The molecule has 0 amide bonds. The van der Waals surface area contributed by atoms with Crippen molar-refractivity contribution >= 4 is 17.0 Å². The molecule has 3 rings (SSSR count). The monoisotopic (exact) mass is 292 g/mol. The van der Waals surface area contributed by atoms with Crippen LogP contribution < -0.4 is 5.73 Å². The summed E-state index contributed by atoms with van der Waals surface area (Å²) in [6, 6.07) is -0.916. The molecule has 1 aliphatic rings. The number of aliphatic hydroxyl groups excluding tert-OH is 2. The number of rotatable bonds is 3. The zero-order valence-corrected chi connectivity index (χ0v) is 10.7. The van der Waals surface area contributed by atoms with Crippen LogP contribution in [0.15, 0.2) is 17.8 Å². The smallest absolute Gasteiger partial charge is 0.167 e. The Kier molecular flexibility index (Phi) is 3.31. The van der Waals surface area contributed by atoms with Crippen molar-refractivity contribution in [1.82, 2.24) is 19.5 Å². The summed E-state index contributed by atoms with van der Waals surface area (Å²) in [7, 11) is 0. The molecule has 0 saturated carbocycles. The number of fused-ring (bicyclic) bond motifs is 1. The summed E-state index contributed by atoms with van der Waals surface area (Å²) in [6.45, 7) is -0.404. The molecule has 1 aliphatic heterocycles. The van der Waals surface area contributed by atoms with E-state index >= 15 is 0 Å². The Morgan fingerprint density at radius 3 is 3.00 bits per heavy atom. The topological polar surface area (TPSA) is 168 Å². The highest BCUT2D eigenvalue weighted by Crippen LogP contribution is 2.33. The zero-order chi connectivity index (χ0) is 15.0. The maximum atomic E-state index is 10.0. The molecule has 4 N–H and O–H groups in total. The molecule has 11 heteroatoms. The Balaban J connectivity index is 2.08. The van der Waals surface area contributed by atoms with E-state index in [1.165, 1.54) is 17.2 Å². The predicted octanol–water partition coefficient (Wildman–Crippen LogP) is -0.662. The van der Waals surface area contributed by atoms with E-state index in [-0.39, 0.29) is 5.82 Å². The van der Waals surface area contributed by atoms with E-state index in [1.807, 2.05) is 0 Å². The first-order valence-corrected chi connectivity index (χ1v) is 6.09. The quantitative estimate of drug-likeness (QED) is 0.383. The van der Waals surface area contributed by atoms with Crippen molar-refractivity contribution in [3.05, 3.63) is 23.1 Å². The molecule has 11 nitrogen and oxygen atoms in total. The number of nitrogens with two attached hydrogens (primary N) is 1. The van der Waals surface area contributed by atoms with Gasteiger partial charge in [-0.2, -0.15) is 0 Å². The van der Waals surface area contributed by atoms with Gasteiger partial charge in [-0.05, 0) is 5.53 Å². The van der Waals surface area contributed by atoms with Crippen molar-refractivity contribution in [2.45, 2.75) is 24.5 Å². The highest BCUT2D eigenvalue weighted by atomic mass is 16.5. The first-order chi connectivity index (χ1) is 10.2. The summed E-state index contributed by atoms with van der Waals surface area (Å²) in [5.74, 6) is 0.205. The van der Waals surface area contributed by atoms with E-state index in [2.05, 4.69) is 25.0 Å². The molecule has 3 heterocycles. The molecular formula is C10H12N8O3. The number of imidazole rings is 1. The second-order valence-electron chi connectivity index (χ2n) is 4.52. The number of azide groups is 1. The third-order valence-electron chi connectivity index (χ3n) is 3.36. The fourth-order valence-electron chi connectivity index (χ4n) is 2.35. The van der Waals surface area contributed by atoms with Gasteiger partial charge in [0.15, 0.2) is 11.5 Å². The largest absolute Gasteiger partial charge is 0.394 e. The lowest BCUT2D eigenvalue weighted by molar-refractivity contribution is -0.0437. The van der Waals surface area contributed by atoms with E-state index in [0.717, 1.165) is 0 Å². The molecule has 1 fully saturated rings. The van der Waals surface area contributed by atoms with Crippen LogP contribution in [0.5, 0.6) is 0 Å². The van der Waals surface area contributed by atoms with E-state index in [1.54, 1.807) is 0 Å². The third kappa shape index (κ3) is 2.04. The van der Waals surface area contributed by atoms with Crippen LogP contribution >= 0.6 is 0 Å². The minimum atomic E-state index is -1.13. The Morgan fingerprint density at radius 2 is 2.29 bits per heavy atom. The summed E-state index contributed by atoms with van der Waals surface area (Å²) < 4.78 is 7.03. The van der Waals surface area contributed by atoms with Crippen LogP contribution in [0.4, 0.5) is 5.82 Å². The number of aromatic nitrogens is 4. The molecule has 4 atom stereocenters. The summed E-state index contributed by atoms with van der Waals surface area (Å²) in [5.41, 5.74) is 15.1. The van der Waals surface area contributed by atoms with Gasteiger partial charge in [0.2, 0.25) is 0 Å². The van der Waals surface area contributed by atoms with E-state index in [0.29, 0.717) is 11.2 Å². The fourth-order valence-corrected chi connectivity index (χ4v) is 2.35. The number of ether oxygens (including phenoxy) is 1. The Labute approximate surface area is 117 Å². The fraction of sp³-hybridized carbons (Fsp3) is 0.500. The normalized spacial score (nSPS) is 28.7. The van der Waals surface area contributed by atoms with Crippen molar-refractivity contribution in [3.63, 3.8) is 0 Å². The number of anilines is 1. The standard InChI is InChI=1S/C10H12N8O3/c11-8-6-9(14-2-13-8)18(3-15-6)10-5(16-17-12)7(20)4(1-19)21-10/h2-5,7,10,19-20H,1H2,(H2,11,13,14)/t4-,5-,7+,10-/m0/s1. The average molecular weight is 292 g/mol. The molecule has 0 bridgehead atoms. The zero-order valence-electron chi connectivity index (χ0n) is 10.7. The van der Waals surface area contributed by atoms with Gasteiger partial charge in [-0.15, -0.1) is 0 Å². The maximum Gasteiger partial charge on any atom is 0.167 e. The first-order valence-electron chi connectivity index (χ1n) is 6.09. The lowest BCUT2D eigenvalue weighted by Crippen LogP contribution is -2.31. The summed E-state index contributed by atoms with van der Waals surface area (Å²) in [5, 5.41) is 22.8. The van der Waals surface area contributed by atoms with Gasteiger partial charge >= 0.3 is 0 Å². The minimum absolute atomic E-state index is 0.205. The van der Waals surface area contributed by atoms with Gasteiger partial charge < -0.3 is 20.7 Å². The van der Waals surface area contributed by atoms with Crippen LogP contribution in [-0.2, 0) is 4.74 Å². The van der Waals surface area contributed by atoms with Crippen LogP contribution in [0.2, 0.25) is 0 Å². The number of nitrogen functional groups attached to an aromatic ring is 1. The molecule has 0 unspecified atom stereocenters. The number of nitrogens with zero attached hydrogens (tertiary/aromatic N) is 7. The summed E-state index contributed by atoms with van der Waals surface area (Å²) in [6.07, 6.45) is -0.151. The second kappa shape index (κ2) is 5.14. The molecule has 110 valence electrons. The van der Waals surface area contributed by atoms with E-state index in [4.69, 9.17) is 16.0 Å². The minimum Gasteiger partial charge on any atom is -0.394 e. The van der Waals surface area contributed by atoms with Crippen molar-refractivity contribution in [2.24, 2.45) is 5.11 Å². The van der Waals surface area contributed by atoms with Gasteiger partial charge in [-0.1, -0.05) is 5.11 Å². The summed E-state index contributed by atoms with van der Waals surface area (Å²) >= 11 is 0. The van der Waals surface area contributed by atoms with Crippen molar-refractivity contribution in [3.8, 4) is 0 Å². The molecule has 0 aliphatic carbocycles. The molecule has 0 spiro atoms. The van der Waals surface area contributed by atoms with Gasteiger partial charge in [0, 0.05) is 4.91 Å². The molecule has 2 aromatic rings. The molecule has 0 radical (unpaired) electrons. The first kappa shape index (κ1) is 13.5. The van der Waals surface area contributed by atoms with Crippen molar-refractivity contribution in [1.29, 1.82) is 0 Å². The SMILES string of the molecule is [N-]=[N+]=N[C@H]1[C@H](O)[C@H](CO)O[C@@H]1n1cnc2c(N)ncnc21. The van der Waals surface area contributed by atoms with Crippen molar-refractivity contribution in [2.75, 3.05) is 12.3 Å². The van der Waals surface area contributed by atoms with Crippen molar-refractivity contribution < 1.29 is 14.9 Å². The highest BCUT2D eigenvalue weighted by Gasteiger charge is 2.44. The van der Waals surface area contributed by atoms with Crippen LogP contribution in [-0.4, -0.2) is 54.6 Å².